The van der Waals surface area contributed by atoms with Crippen molar-refractivity contribution in [1.82, 2.24) is 4.90 Å². The molecule has 2 atom stereocenters. The van der Waals surface area contributed by atoms with Gasteiger partial charge in [-0.1, -0.05) is 31.4 Å². The van der Waals surface area contributed by atoms with Gasteiger partial charge < -0.3 is 15.3 Å². The van der Waals surface area contributed by atoms with Gasteiger partial charge in [-0.05, 0) is 43.5 Å². The van der Waals surface area contributed by atoms with Crippen LogP contribution in [0.3, 0.4) is 0 Å². The summed E-state index contributed by atoms with van der Waals surface area (Å²) in [6.45, 7) is 2.69. The molecule has 2 rings (SSSR count). The van der Waals surface area contributed by atoms with Gasteiger partial charge in [0.15, 0.2) is 0 Å². The summed E-state index contributed by atoms with van der Waals surface area (Å²) in [5.41, 5.74) is 0.718. The number of benzene rings is 1. The number of carbonyl (C=O) groups is 1. The second-order valence-electron chi connectivity index (χ2n) is 5.55. The van der Waals surface area contributed by atoms with E-state index < -0.39 is 6.10 Å². The predicted molar refractivity (Wildman–Crippen MR) is 85.7 cm³/mol. The Kier molecular flexibility index (Phi) is 5.88. The third-order valence-corrected chi connectivity index (χ3v) is 4.17. The van der Waals surface area contributed by atoms with Gasteiger partial charge >= 0.3 is 6.03 Å². The van der Waals surface area contributed by atoms with Crippen molar-refractivity contribution >= 4 is 23.3 Å². The van der Waals surface area contributed by atoms with Crippen LogP contribution in [0, 0.1) is 0 Å². The van der Waals surface area contributed by atoms with Gasteiger partial charge in [-0.3, -0.25) is 0 Å². The van der Waals surface area contributed by atoms with Crippen molar-refractivity contribution in [2.24, 2.45) is 0 Å². The Morgan fingerprint density at radius 3 is 2.62 bits per heavy atom. The third kappa shape index (κ3) is 4.35. The van der Waals surface area contributed by atoms with Crippen molar-refractivity contribution < 1.29 is 9.90 Å². The summed E-state index contributed by atoms with van der Waals surface area (Å²) >= 11 is 5.85. The molecule has 1 aromatic rings. The molecule has 0 aromatic heterocycles. The Balaban J connectivity index is 2.05. The Hall–Kier alpha value is -1.26. The molecule has 5 heteroatoms. The lowest BCUT2D eigenvalue weighted by molar-refractivity contribution is 0.0397. The fourth-order valence-corrected chi connectivity index (χ4v) is 2.97. The number of anilines is 1. The van der Waals surface area contributed by atoms with E-state index in [0.717, 1.165) is 37.8 Å². The normalized spacial score (nSPS) is 21.9. The quantitative estimate of drug-likeness (QED) is 0.886. The maximum atomic E-state index is 12.5. The topological polar surface area (TPSA) is 52.6 Å². The highest BCUT2D eigenvalue weighted by atomic mass is 35.5. The minimum Gasteiger partial charge on any atom is -0.391 e. The monoisotopic (exact) mass is 310 g/mol. The zero-order valence-corrected chi connectivity index (χ0v) is 13.1. The summed E-state index contributed by atoms with van der Waals surface area (Å²) in [5, 5.41) is 13.7. The zero-order valence-electron chi connectivity index (χ0n) is 12.4. The smallest absolute Gasteiger partial charge is 0.322 e. The van der Waals surface area contributed by atoms with Crippen molar-refractivity contribution in [2.45, 2.75) is 51.2 Å². The van der Waals surface area contributed by atoms with Crippen LogP contribution in [-0.4, -0.2) is 34.7 Å². The first-order chi connectivity index (χ1) is 10.1. The predicted octanol–water partition coefficient (Wildman–Crippen LogP) is 3.89. The molecule has 0 spiro atoms. The first-order valence-electron chi connectivity index (χ1n) is 7.63. The van der Waals surface area contributed by atoms with Crippen LogP contribution in [0.25, 0.3) is 0 Å². The molecule has 0 bridgehead atoms. The van der Waals surface area contributed by atoms with E-state index in [9.17, 15) is 9.90 Å². The minimum absolute atomic E-state index is 0.0778. The first-order valence-corrected chi connectivity index (χ1v) is 8.01. The van der Waals surface area contributed by atoms with Crippen LogP contribution in [0.2, 0.25) is 5.02 Å². The summed E-state index contributed by atoms with van der Waals surface area (Å²) < 4.78 is 0. The maximum absolute atomic E-state index is 12.5. The fraction of sp³-hybridized carbons (Fsp3) is 0.562. The summed E-state index contributed by atoms with van der Waals surface area (Å²) in [6.07, 6.45) is 4.21. The van der Waals surface area contributed by atoms with Crippen LogP contribution in [-0.2, 0) is 0 Å². The number of nitrogens with zero attached hydrogens (tertiary/aromatic N) is 1. The molecule has 1 saturated carbocycles. The summed E-state index contributed by atoms with van der Waals surface area (Å²) in [7, 11) is 0. The van der Waals surface area contributed by atoms with E-state index >= 15 is 0 Å². The van der Waals surface area contributed by atoms with Gasteiger partial charge in [0.25, 0.3) is 0 Å². The third-order valence-electron chi connectivity index (χ3n) is 3.92. The van der Waals surface area contributed by atoms with E-state index in [-0.39, 0.29) is 12.1 Å². The Bertz CT molecular complexity index is 464. The number of aliphatic hydroxyl groups excluding tert-OH is 1. The molecule has 1 aliphatic carbocycles. The van der Waals surface area contributed by atoms with Crippen LogP contribution in [0.15, 0.2) is 24.3 Å². The van der Waals surface area contributed by atoms with Crippen LogP contribution in [0.1, 0.15) is 39.0 Å². The standard InChI is InChI=1S/C16H23ClN2O2/c1-2-11-19(14-5-3-4-6-15(14)20)16(21)18-13-9-7-12(17)8-10-13/h7-10,14-15,20H,2-6,11H2,1H3,(H,18,21)/t14-,15-/m0/s1. The molecule has 116 valence electrons. The number of hydrogen-bond acceptors (Lipinski definition) is 2. The van der Waals surface area contributed by atoms with Gasteiger partial charge in [0.05, 0.1) is 12.1 Å². The average Bonchev–Trinajstić information content (AvgIpc) is 2.48. The van der Waals surface area contributed by atoms with E-state index in [4.69, 9.17) is 11.6 Å². The van der Waals surface area contributed by atoms with Gasteiger partial charge in [-0.15, -0.1) is 0 Å². The highest BCUT2D eigenvalue weighted by Gasteiger charge is 2.31. The van der Waals surface area contributed by atoms with E-state index in [1.165, 1.54) is 0 Å². The number of nitrogens with one attached hydrogen (secondary N) is 1. The molecule has 0 unspecified atom stereocenters. The van der Waals surface area contributed by atoms with E-state index in [0.29, 0.717) is 11.6 Å². The number of halogens is 1. The van der Waals surface area contributed by atoms with E-state index in [1.54, 1.807) is 29.2 Å². The number of urea groups is 1. The molecule has 0 heterocycles. The molecule has 1 aromatic carbocycles. The second-order valence-corrected chi connectivity index (χ2v) is 5.99. The molecule has 4 nitrogen and oxygen atoms in total. The van der Waals surface area contributed by atoms with Crippen LogP contribution in [0.4, 0.5) is 10.5 Å². The highest BCUT2D eigenvalue weighted by Crippen LogP contribution is 2.24. The van der Waals surface area contributed by atoms with E-state index in [1.807, 2.05) is 6.92 Å². The molecule has 21 heavy (non-hydrogen) atoms. The lowest BCUT2D eigenvalue weighted by atomic mass is 9.91. The van der Waals surface area contributed by atoms with Gasteiger partial charge in [0.2, 0.25) is 0 Å². The zero-order chi connectivity index (χ0) is 15.2. The van der Waals surface area contributed by atoms with Gasteiger partial charge in [-0.2, -0.15) is 0 Å². The van der Waals surface area contributed by atoms with Crippen molar-refractivity contribution in [3.05, 3.63) is 29.3 Å². The summed E-state index contributed by atoms with van der Waals surface area (Å²) in [4.78, 5) is 14.3. The largest absolute Gasteiger partial charge is 0.391 e. The van der Waals surface area contributed by atoms with Gasteiger partial charge in [0, 0.05) is 17.3 Å². The second kappa shape index (κ2) is 7.66. The van der Waals surface area contributed by atoms with Gasteiger partial charge in [0.1, 0.15) is 0 Å². The Morgan fingerprint density at radius 2 is 2.00 bits per heavy atom. The summed E-state index contributed by atoms with van der Waals surface area (Å²) in [5.74, 6) is 0. The lowest BCUT2D eigenvalue weighted by Crippen LogP contribution is -2.50. The number of amides is 2. The molecule has 2 N–H and O–H groups in total. The molecule has 0 radical (unpaired) electrons. The number of aliphatic hydroxyl groups is 1. The minimum atomic E-state index is -0.415. The SMILES string of the molecule is CCCN(C(=O)Nc1ccc(Cl)cc1)[C@H]1CCCC[C@@H]1O. The molecule has 0 aliphatic heterocycles. The average molecular weight is 311 g/mol. The Labute approximate surface area is 131 Å². The summed E-state index contributed by atoms with van der Waals surface area (Å²) in [6, 6.07) is 6.83. The number of hydrogen-bond donors (Lipinski definition) is 2. The van der Waals surface area contributed by atoms with Gasteiger partial charge in [-0.25, -0.2) is 4.79 Å². The lowest BCUT2D eigenvalue weighted by Gasteiger charge is -2.37. The highest BCUT2D eigenvalue weighted by molar-refractivity contribution is 6.30. The molecule has 1 fully saturated rings. The molecular formula is C16H23ClN2O2. The molecule has 2 amide bonds. The van der Waals surface area contributed by atoms with Crippen LogP contribution < -0.4 is 5.32 Å². The van der Waals surface area contributed by atoms with Crippen molar-refractivity contribution in [3.8, 4) is 0 Å². The first kappa shape index (κ1) is 16.1. The van der Waals surface area contributed by atoms with Crippen LogP contribution >= 0.6 is 11.6 Å². The van der Waals surface area contributed by atoms with Crippen molar-refractivity contribution in [2.75, 3.05) is 11.9 Å². The van der Waals surface area contributed by atoms with Crippen molar-refractivity contribution in [1.29, 1.82) is 0 Å². The number of rotatable bonds is 4. The molecule has 0 saturated heterocycles. The van der Waals surface area contributed by atoms with Crippen molar-refractivity contribution in [3.63, 3.8) is 0 Å². The fourth-order valence-electron chi connectivity index (χ4n) is 2.84. The molecule has 1 aliphatic rings. The van der Waals surface area contributed by atoms with E-state index in [2.05, 4.69) is 5.32 Å². The van der Waals surface area contributed by atoms with Crippen LogP contribution in [0.5, 0.6) is 0 Å². The number of carbonyl (C=O) groups excluding carboxylic acids is 1. The molecular weight excluding hydrogens is 288 g/mol. The Morgan fingerprint density at radius 1 is 1.33 bits per heavy atom. The maximum Gasteiger partial charge on any atom is 0.322 e.